The van der Waals surface area contributed by atoms with Crippen LogP contribution in [0.25, 0.3) is 0 Å². The van der Waals surface area contributed by atoms with Gasteiger partial charge in [0.05, 0.1) is 0 Å². The Morgan fingerprint density at radius 1 is 1.56 bits per heavy atom. The maximum atomic E-state index is 4.18. The molecule has 0 aromatic rings. The summed E-state index contributed by atoms with van der Waals surface area (Å²) in [6, 6.07) is 0. The molecule has 9 heavy (non-hydrogen) atoms. The molecule has 1 rings (SSSR count). The van der Waals surface area contributed by atoms with Crippen LogP contribution in [0, 0.1) is 0 Å². The highest BCUT2D eigenvalue weighted by Crippen LogP contribution is 2.17. The first kappa shape index (κ1) is 6.92. The van der Waals surface area contributed by atoms with E-state index in [9.17, 15) is 0 Å². The Morgan fingerprint density at radius 3 is 3.11 bits per heavy atom. The van der Waals surface area contributed by atoms with E-state index in [1.807, 2.05) is 19.2 Å². The molecule has 3 heteroatoms. The molecule has 0 saturated heterocycles. The van der Waals surface area contributed by atoms with E-state index in [2.05, 4.69) is 32.6 Å². The summed E-state index contributed by atoms with van der Waals surface area (Å²) in [5.74, 6) is 0. The molecule has 0 aromatic carbocycles. The lowest BCUT2D eigenvalue weighted by Crippen LogP contribution is -2.12. The minimum atomic E-state index is -0.152. The van der Waals surface area contributed by atoms with Gasteiger partial charge in [-0.1, -0.05) is 0 Å². The van der Waals surface area contributed by atoms with Gasteiger partial charge in [0, 0.05) is 18.6 Å². The molecule has 2 nitrogen and oxygen atoms in total. The third-order valence-corrected chi connectivity index (χ3v) is 1.45. The summed E-state index contributed by atoms with van der Waals surface area (Å²) in [6.45, 7) is 2.00. The Hall–Kier alpha value is -0.190. The van der Waals surface area contributed by atoms with Crippen LogP contribution in [0.3, 0.4) is 0 Å². The van der Waals surface area contributed by atoms with E-state index in [1.165, 1.54) is 0 Å². The summed E-state index contributed by atoms with van der Waals surface area (Å²) in [5.41, 5.74) is 0. The molecule has 1 aliphatic heterocycles. The Morgan fingerprint density at radius 2 is 2.33 bits per heavy atom. The average Bonchev–Trinajstić information content (AvgIpc) is 1.92. The Balaban J connectivity index is 2.82. The summed E-state index contributed by atoms with van der Waals surface area (Å²) in [5, 5.41) is 0. The molecule has 1 heterocycles. The monoisotopic (exact) mass is 234 g/mol. The van der Waals surface area contributed by atoms with E-state index in [-0.39, 0.29) is 3.55 Å². The Labute approximate surface area is 67.9 Å². The fraction of sp³-hybridized carbons (Fsp3) is 0.333. The van der Waals surface area contributed by atoms with Crippen LogP contribution in [0.5, 0.6) is 0 Å². The van der Waals surface area contributed by atoms with Crippen LogP contribution in [-0.2, 0) is 0 Å². The van der Waals surface area contributed by atoms with Crippen LogP contribution in [0.2, 0.25) is 0 Å². The highest BCUT2D eigenvalue weighted by atomic mass is 127. The lowest BCUT2D eigenvalue weighted by molar-refractivity contribution is 0.970. The van der Waals surface area contributed by atoms with Crippen molar-refractivity contribution in [1.29, 1.82) is 0 Å². The lowest BCUT2D eigenvalue weighted by Gasteiger charge is -2.07. The van der Waals surface area contributed by atoms with Crippen molar-refractivity contribution in [3.05, 3.63) is 12.3 Å². The van der Waals surface area contributed by atoms with E-state index in [0.717, 1.165) is 0 Å². The van der Waals surface area contributed by atoms with Gasteiger partial charge < -0.3 is 0 Å². The fourth-order valence-corrected chi connectivity index (χ4v) is 0.811. The van der Waals surface area contributed by atoms with Crippen molar-refractivity contribution >= 4 is 35.0 Å². The van der Waals surface area contributed by atoms with Gasteiger partial charge in [0.25, 0.3) is 0 Å². The van der Waals surface area contributed by atoms with Crippen molar-refractivity contribution in [2.45, 2.75) is 10.5 Å². The second-order valence-corrected chi connectivity index (χ2v) is 4.11. The van der Waals surface area contributed by atoms with E-state index in [0.29, 0.717) is 0 Å². The van der Waals surface area contributed by atoms with Gasteiger partial charge in [-0.15, -0.1) is 0 Å². The molecule has 0 saturated carbocycles. The third kappa shape index (κ3) is 2.26. The van der Waals surface area contributed by atoms with Gasteiger partial charge in [-0.25, -0.2) is 0 Å². The minimum Gasteiger partial charge on any atom is -0.270 e. The number of nitrogens with zero attached hydrogens (tertiary/aromatic N) is 2. The van der Waals surface area contributed by atoms with Crippen LogP contribution in [-0.4, -0.2) is 16.0 Å². The lowest BCUT2D eigenvalue weighted by atomic mass is 10.4. The highest BCUT2D eigenvalue weighted by molar-refractivity contribution is 14.1. The number of aliphatic imine (C=N–C) groups is 2. The fourth-order valence-electron chi connectivity index (χ4n) is 0.489. The quantitative estimate of drug-likeness (QED) is 0.347. The van der Waals surface area contributed by atoms with E-state index in [4.69, 9.17) is 0 Å². The van der Waals surface area contributed by atoms with Crippen LogP contribution in [0.15, 0.2) is 22.3 Å². The summed E-state index contributed by atoms with van der Waals surface area (Å²) in [4.78, 5) is 8.17. The van der Waals surface area contributed by atoms with Crippen molar-refractivity contribution < 1.29 is 0 Å². The van der Waals surface area contributed by atoms with Gasteiger partial charge in [-0.2, -0.15) is 0 Å². The number of alkyl halides is 1. The summed E-state index contributed by atoms with van der Waals surface area (Å²) in [6.07, 6.45) is 7.13. The largest absolute Gasteiger partial charge is 0.270 e. The minimum absolute atomic E-state index is 0.152. The summed E-state index contributed by atoms with van der Waals surface area (Å²) < 4.78 is -0.152. The molecule has 0 spiro atoms. The predicted octanol–water partition coefficient (Wildman–Crippen LogP) is 1.81. The van der Waals surface area contributed by atoms with Gasteiger partial charge in [-0.05, 0) is 35.6 Å². The van der Waals surface area contributed by atoms with Crippen LogP contribution < -0.4 is 0 Å². The molecule has 0 amide bonds. The van der Waals surface area contributed by atoms with Crippen molar-refractivity contribution in [1.82, 2.24) is 0 Å². The first-order valence-corrected chi connectivity index (χ1v) is 3.72. The Bertz CT molecular complexity index is 161. The van der Waals surface area contributed by atoms with Gasteiger partial charge in [-0.3, -0.25) is 9.98 Å². The average molecular weight is 234 g/mol. The smallest absolute Gasteiger partial charge is 0.143 e. The first-order chi connectivity index (χ1) is 4.21. The van der Waals surface area contributed by atoms with Gasteiger partial charge in [0.1, 0.15) is 3.55 Å². The Kier molecular flexibility index (Phi) is 2.00. The van der Waals surface area contributed by atoms with Crippen molar-refractivity contribution in [3.63, 3.8) is 0 Å². The molecule has 1 aliphatic rings. The van der Waals surface area contributed by atoms with Gasteiger partial charge >= 0.3 is 0 Å². The number of rotatable bonds is 0. The maximum Gasteiger partial charge on any atom is 0.143 e. The zero-order valence-corrected chi connectivity index (χ0v) is 7.24. The normalized spacial score (nSPS) is 32.7. The zero-order chi connectivity index (χ0) is 6.74. The number of halogens is 1. The SMILES string of the molecule is CC1(I)C=NC=CC=N1. The van der Waals surface area contributed by atoms with Crippen molar-refractivity contribution in [2.24, 2.45) is 9.98 Å². The number of allylic oxidation sites excluding steroid dienone is 1. The molecule has 1 unspecified atom stereocenters. The molecule has 0 fully saturated rings. The van der Waals surface area contributed by atoms with E-state index < -0.39 is 0 Å². The van der Waals surface area contributed by atoms with Crippen molar-refractivity contribution in [2.75, 3.05) is 0 Å². The molecule has 0 radical (unpaired) electrons. The number of hydrogen-bond acceptors (Lipinski definition) is 2. The predicted molar refractivity (Wildman–Crippen MR) is 48.5 cm³/mol. The van der Waals surface area contributed by atoms with Gasteiger partial charge in [0.15, 0.2) is 0 Å². The van der Waals surface area contributed by atoms with Crippen LogP contribution in [0.4, 0.5) is 0 Å². The second-order valence-electron chi connectivity index (χ2n) is 1.92. The summed E-state index contributed by atoms with van der Waals surface area (Å²) >= 11 is 2.23. The molecular formula is C6H7IN2. The van der Waals surface area contributed by atoms with Crippen LogP contribution >= 0.6 is 22.6 Å². The molecular weight excluding hydrogens is 227 g/mol. The van der Waals surface area contributed by atoms with Gasteiger partial charge in [0.2, 0.25) is 0 Å². The number of hydrogen-bond donors (Lipinski definition) is 0. The molecule has 48 valence electrons. The molecule has 0 aromatic heterocycles. The molecule has 0 N–H and O–H groups in total. The van der Waals surface area contributed by atoms with Crippen molar-refractivity contribution in [3.8, 4) is 0 Å². The standard InChI is InChI=1S/C6H7IN2/c1-6(7)5-8-3-2-4-9-6/h2-5H,1H3. The maximum absolute atomic E-state index is 4.18. The second kappa shape index (κ2) is 2.60. The molecule has 1 atom stereocenters. The first-order valence-electron chi connectivity index (χ1n) is 2.64. The van der Waals surface area contributed by atoms with E-state index in [1.54, 1.807) is 12.4 Å². The van der Waals surface area contributed by atoms with E-state index >= 15 is 0 Å². The third-order valence-electron chi connectivity index (χ3n) is 0.895. The molecule has 0 aliphatic carbocycles. The highest BCUT2D eigenvalue weighted by Gasteiger charge is 2.13. The summed E-state index contributed by atoms with van der Waals surface area (Å²) in [7, 11) is 0. The van der Waals surface area contributed by atoms with Crippen LogP contribution in [0.1, 0.15) is 6.92 Å². The zero-order valence-electron chi connectivity index (χ0n) is 5.08. The molecule has 0 bridgehead atoms. The topological polar surface area (TPSA) is 24.7 Å².